The maximum Gasteiger partial charge on any atom is 0.362 e. The predicted molar refractivity (Wildman–Crippen MR) is 183 cm³/mol. The van der Waals surface area contributed by atoms with Crippen LogP contribution in [0.15, 0.2) is 70.6 Å². The molecule has 1 saturated heterocycles. The first-order chi connectivity index (χ1) is 22.0. The van der Waals surface area contributed by atoms with Crippen LogP contribution in [0.5, 0.6) is 0 Å². The van der Waals surface area contributed by atoms with Gasteiger partial charge in [-0.15, -0.1) is 0 Å². The van der Waals surface area contributed by atoms with Crippen LogP contribution in [0.4, 0.5) is 0 Å². The SMILES string of the molecule is CCOS(=O)(=O)NC1=N[C@H]2[C@H](CO[Si](c3ccccc3)(c3ccccc3)C(C)(C)C)N=C(NC(=O)C(Cl)(Cl)Cl)N3C[C@H](O)[C@H](O)C23N1. The highest BCUT2D eigenvalue weighted by Gasteiger charge is 2.66. The van der Waals surface area contributed by atoms with Gasteiger partial charge in [-0.3, -0.25) is 14.3 Å². The Kier molecular flexibility index (Phi) is 9.98. The molecule has 1 spiro atoms. The van der Waals surface area contributed by atoms with E-state index in [2.05, 4.69) is 41.1 Å². The van der Waals surface area contributed by atoms with E-state index in [1.165, 1.54) is 11.8 Å². The summed E-state index contributed by atoms with van der Waals surface area (Å²) in [7, 11) is -7.45. The second kappa shape index (κ2) is 13.1. The van der Waals surface area contributed by atoms with Gasteiger partial charge in [-0.2, -0.15) is 8.42 Å². The predicted octanol–water partition coefficient (Wildman–Crippen LogP) is 0.720. The van der Waals surface area contributed by atoms with Crippen molar-refractivity contribution in [1.29, 1.82) is 0 Å². The highest BCUT2D eigenvalue weighted by molar-refractivity contribution is 7.85. The average molecular weight is 748 g/mol. The van der Waals surface area contributed by atoms with Crippen LogP contribution in [0.25, 0.3) is 0 Å². The van der Waals surface area contributed by atoms with Gasteiger partial charge in [0, 0.05) is 0 Å². The Labute approximate surface area is 289 Å². The number of nitrogens with one attached hydrogen (secondary N) is 3. The summed E-state index contributed by atoms with van der Waals surface area (Å²) in [6.07, 6.45) is -2.91. The van der Waals surface area contributed by atoms with Crippen LogP contribution in [0.3, 0.4) is 0 Å². The fraction of sp³-hybridized carbons (Fsp3) is 0.483. The van der Waals surface area contributed by atoms with E-state index in [1.807, 2.05) is 60.7 Å². The van der Waals surface area contributed by atoms with E-state index in [0.29, 0.717) is 0 Å². The fourth-order valence-electron chi connectivity index (χ4n) is 6.57. The molecule has 3 aliphatic rings. The van der Waals surface area contributed by atoms with Crippen LogP contribution < -0.4 is 25.7 Å². The van der Waals surface area contributed by atoms with Crippen molar-refractivity contribution in [1.82, 2.24) is 20.3 Å². The standard InChI is InChI=1S/C29H37Cl3N6O7SSi/c1-5-44-46(42,43)37-25-34-22-20(33-26(35-24(41)29(30,31)32)38-16-21(39)23(40)28(22,38)36-25)17-45-47(27(2,3)4,18-12-8-6-9-13-18)19-14-10-7-11-15-19/h6-15,20-23,39-40H,5,16-17H2,1-4H3,(H,33,35,41)(H2,34,36,37)/t20-,21-,22-,23-,28?/m0/s1. The van der Waals surface area contributed by atoms with Crippen molar-refractivity contribution < 1.29 is 32.0 Å². The molecule has 5 N–H and O–H groups in total. The topological polar surface area (TPSA) is 174 Å². The molecule has 0 aliphatic carbocycles. The zero-order valence-electron chi connectivity index (χ0n) is 26.0. The van der Waals surface area contributed by atoms with Gasteiger partial charge in [0.25, 0.3) is 18.0 Å². The summed E-state index contributed by atoms with van der Waals surface area (Å²) in [4.78, 5) is 23.7. The molecule has 1 amide bonds. The fourth-order valence-corrected chi connectivity index (χ4v) is 12.0. The normalized spacial score (nSPS) is 26.1. The zero-order chi connectivity index (χ0) is 34.4. The van der Waals surface area contributed by atoms with E-state index in [0.717, 1.165) is 10.4 Å². The number of carbonyl (C=O) groups excluding carboxylic acids is 1. The van der Waals surface area contributed by atoms with Gasteiger partial charge in [-0.1, -0.05) is 116 Å². The van der Waals surface area contributed by atoms with E-state index in [1.54, 1.807) is 0 Å². The number of benzene rings is 2. The molecule has 1 unspecified atom stereocenters. The van der Waals surface area contributed by atoms with E-state index in [4.69, 9.17) is 48.4 Å². The highest BCUT2D eigenvalue weighted by atomic mass is 35.6. The molecule has 0 bridgehead atoms. The molecule has 3 aliphatic heterocycles. The van der Waals surface area contributed by atoms with Crippen LogP contribution in [0, 0.1) is 0 Å². The van der Waals surface area contributed by atoms with Crippen LogP contribution in [0.2, 0.25) is 5.04 Å². The van der Waals surface area contributed by atoms with Crippen molar-refractivity contribution in [2.75, 3.05) is 19.8 Å². The molecule has 256 valence electrons. The van der Waals surface area contributed by atoms with Crippen molar-refractivity contribution in [3.8, 4) is 0 Å². The molecule has 2 aromatic carbocycles. The number of alkyl halides is 3. The first-order valence-corrected chi connectivity index (χ1v) is 19.3. The van der Waals surface area contributed by atoms with Gasteiger partial charge >= 0.3 is 10.3 Å². The smallest absolute Gasteiger partial charge is 0.362 e. The van der Waals surface area contributed by atoms with Crippen molar-refractivity contribution in [3.63, 3.8) is 0 Å². The molecule has 3 heterocycles. The Morgan fingerprint density at radius 2 is 1.64 bits per heavy atom. The van der Waals surface area contributed by atoms with Crippen molar-refractivity contribution in [3.05, 3.63) is 60.7 Å². The van der Waals surface area contributed by atoms with E-state index in [-0.39, 0.29) is 31.7 Å². The molecule has 5 atom stereocenters. The van der Waals surface area contributed by atoms with Gasteiger partial charge < -0.3 is 24.9 Å². The number of hydrogen-bond acceptors (Lipinski definition) is 11. The second-order valence-corrected chi connectivity index (χ2v) is 20.3. The number of amides is 1. The van der Waals surface area contributed by atoms with Gasteiger partial charge in [0.05, 0.1) is 19.8 Å². The lowest BCUT2D eigenvalue weighted by Gasteiger charge is -2.48. The lowest BCUT2D eigenvalue weighted by Crippen LogP contribution is -2.74. The number of hydrogen-bond donors (Lipinski definition) is 5. The molecule has 13 nitrogen and oxygen atoms in total. The molecule has 47 heavy (non-hydrogen) atoms. The number of halogens is 3. The molecule has 0 radical (unpaired) electrons. The minimum atomic E-state index is -4.31. The average Bonchev–Trinajstić information content (AvgIpc) is 3.49. The van der Waals surface area contributed by atoms with Crippen molar-refractivity contribution in [2.24, 2.45) is 9.98 Å². The lowest BCUT2D eigenvalue weighted by molar-refractivity contribution is -0.119. The number of aliphatic hydroxyl groups is 2. The summed E-state index contributed by atoms with van der Waals surface area (Å²) >= 11 is 17.6. The number of aliphatic imine (C=N–C) groups is 2. The van der Waals surface area contributed by atoms with Gasteiger partial charge in [0.2, 0.25) is 11.9 Å². The minimum Gasteiger partial charge on any atom is -0.405 e. The maximum atomic E-state index is 12.9. The lowest BCUT2D eigenvalue weighted by atomic mass is 9.88. The van der Waals surface area contributed by atoms with Crippen LogP contribution in [-0.4, -0.2) is 103 Å². The third-order valence-electron chi connectivity index (χ3n) is 8.44. The van der Waals surface area contributed by atoms with Crippen molar-refractivity contribution in [2.45, 2.75) is 66.5 Å². The Hall–Kier alpha value is -2.47. The Bertz CT molecular complexity index is 1600. The van der Waals surface area contributed by atoms with Crippen LogP contribution >= 0.6 is 34.8 Å². The number of carbonyl (C=O) groups is 1. The largest absolute Gasteiger partial charge is 0.405 e. The molecule has 5 rings (SSSR count). The molecule has 1 fully saturated rings. The summed E-state index contributed by atoms with van der Waals surface area (Å²) in [5, 5.41) is 29.4. The maximum absolute atomic E-state index is 12.9. The Morgan fingerprint density at radius 1 is 1.06 bits per heavy atom. The van der Waals surface area contributed by atoms with Crippen LogP contribution in [-0.2, 0) is 23.7 Å². The molecule has 0 aromatic heterocycles. The van der Waals surface area contributed by atoms with Gasteiger partial charge in [-0.05, 0) is 22.3 Å². The quantitative estimate of drug-likeness (QED) is 0.193. The number of aliphatic hydroxyl groups excluding tert-OH is 2. The third kappa shape index (κ3) is 6.61. The molecule has 2 aromatic rings. The first-order valence-electron chi connectivity index (χ1n) is 14.8. The number of rotatable bonds is 8. The monoisotopic (exact) mass is 746 g/mol. The summed E-state index contributed by atoms with van der Waals surface area (Å²) in [5.41, 5.74) is -1.69. The molecule has 18 heteroatoms. The number of nitrogens with zero attached hydrogens (tertiary/aromatic N) is 3. The van der Waals surface area contributed by atoms with E-state index < -0.39 is 63.3 Å². The minimum absolute atomic E-state index is 0.0971. The Morgan fingerprint density at radius 3 is 2.15 bits per heavy atom. The second-order valence-electron chi connectivity index (χ2n) is 12.4. The molecule has 0 saturated carbocycles. The zero-order valence-corrected chi connectivity index (χ0v) is 30.1. The summed E-state index contributed by atoms with van der Waals surface area (Å²) in [5.74, 6) is -1.43. The summed E-state index contributed by atoms with van der Waals surface area (Å²) < 4.78 is 37.0. The molecular formula is C29H37Cl3N6O7SSi. The van der Waals surface area contributed by atoms with Gasteiger partial charge in [0.15, 0.2) is 5.66 Å². The number of guanidine groups is 2. The van der Waals surface area contributed by atoms with Gasteiger partial charge in [0.1, 0.15) is 24.3 Å². The van der Waals surface area contributed by atoms with E-state index in [9.17, 15) is 23.4 Å². The highest BCUT2D eigenvalue weighted by Crippen LogP contribution is 2.42. The van der Waals surface area contributed by atoms with E-state index >= 15 is 0 Å². The summed E-state index contributed by atoms with van der Waals surface area (Å²) in [6, 6.07) is 17.7. The first kappa shape index (κ1) is 35.8. The summed E-state index contributed by atoms with van der Waals surface area (Å²) in [6.45, 7) is 7.35. The van der Waals surface area contributed by atoms with Crippen molar-refractivity contribution >= 4 is 81.6 Å². The Balaban J connectivity index is 1.64. The third-order valence-corrected chi connectivity index (χ3v) is 15.0. The van der Waals surface area contributed by atoms with Crippen LogP contribution in [0.1, 0.15) is 27.7 Å². The molecular weight excluding hydrogens is 711 g/mol. The van der Waals surface area contributed by atoms with Gasteiger partial charge in [-0.25, -0.2) is 14.7 Å².